The molecule has 0 aliphatic heterocycles. The maximum atomic E-state index is 12.6. The number of halogens is 3. The molecule has 0 aliphatic rings. The molecule has 3 nitrogen and oxygen atoms in total. The zero-order valence-electron chi connectivity index (χ0n) is 6.71. The molecule has 0 amide bonds. The Kier molecular flexibility index (Phi) is 2.77. The van der Waals surface area contributed by atoms with Crippen LogP contribution in [0.2, 0.25) is 0 Å². The smallest absolute Gasteiger partial charge is 0.365 e. The number of hydrogen-bond acceptors (Lipinski definition) is 3. The topological polar surface area (TPSA) is 46.0 Å². The minimum Gasteiger partial charge on any atom is -0.389 e. The summed E-state index contributed by atoms with van der Waals surface area (Å²) in [6, 6.07) is 0. The maximum Gasteiger partial charge on any atom is 0.365 e. The molecule has 1 aromatic heterocycles. The normalized spacial score (nSPS) is 14.2. The molecule has 6 heteroatoms. The quantitative estimate of drug-likeness (QED) is 0.754. The Morgan fingerprint density at radius 2 is 2.23 bits per heavy atom. The highest BCUT2D eigenvalue weighted by molar-refractivity contribution is 6.21. The molecule has 72 valence electrons. The Bertz CT molecular complexity index is 301. The molecule has 1 heterocycles. The minimum absolute atomic E-state index is 0.0671. The summed E-state index contributed by atoms with van der Waals surface area (Å²) in [5.41, 5.74) is -0.721. The van der Waals surface area contributed by atoms with Gasteiger partial charge < -0.3 is 5.11 Å². The van der Waals surface area contributed by atoms with Crippen LogP contribution >= 0.6 is 11.6 Å². The lowest BCUT2D eigenvalue weighted by atomic mass is 10.1. The molecule has 1 unspecified atom stereocenters. The summed E-state index contributed by atoms with van der Waals surface area (Å²) in [6.07, 6.45) is 1.00. The number of rotatable bonds is 2. The van der Waals surface area contributed by atoms with Crippen molar-refractivity contribution in [3.05, 3.63) is 23.8 Å². The van der Waals surface area contributed by atoms with Crippen LogP contribution in [0.5, 0.6) is 0 Å². The first-order chi connectivity index (χ1) is 5.93. The Morgan fingerprint density at radius 3 is 2.62 bits per heavy atom. The Balaban J connectivity index is 3.20. The molecule has 13 heavy (non-hydrogen) atoms. The lowest BCUT2D eigenvalue weighted by Gasteiger charge is -2.13. The van der Waals surface area contributed by atoms with Gasteiger partial charge >= 0.3 is 5.38 Å². The number of alkyl halides is 3. The Hall–Kier alpha value is -0.810. The number of hydrogen-bond donors (Lipinski definition) is 1. The zero-order valence-corrected chi connectivity index (χ0v) is 7.46. The molecule has 0 aliphatic carbocycles. The van der Waals surface area contributed by atoms with Gasteiger partial charge in [0.2, 0.25) is 0 Å². The van der Waals surface area contributed by atoms with Crippen molar-refractivity contribution in [3.8, 4) is 0 Å². The van der Waals surface area contributed by atoms with Crippen molar-refractivity contribution < 1.29 is 13.9 Å². The first-order valence-electron chi connectivity index (χ1n) is 3.48. The summed E-state index contributed by atoms with van der Waals surface area (Å²) >= 11 is 4.77. The number of aliphatic hydroxyl groups excluding tert-OH is 1. The van der Waals surface area contributed by atoms with Gasteiger partial charge in [-0.1, -0.05) is 0 Å². The average Bonchev–Trinajstić information content (AvgIpc) is 2.03. The van der Waals surface area contributed by atoms with Crippen molar-refractivity contribution in [1.29, 1.82) is 0 Å². The van der Waals surface area contributed by atoms with Crippen LogP contribution in [-0.2, 0) is 5.38 Å². The average molecular weight is 209 g/mol. The van der Waals surface area contributed by atoms with Gasteiger partial charge in [-0.05, 0) is 18.5 Å². The molecule has 1 atom stereocenters. The first-order valence-corrected chi connectivity index (χ1v) is 3.86. The molecule has 1 rings (SSSR count). The monoisotopic (exact) mass is 208 g/mol. The second-order valence-electron chi connectivity index (χ2n) is 2.50. The van der Waals surface area contributed by atoms with Crippen LogP contribution in [0.1, 0.15) is 24.3 Å². The van der Waals surface area contributed by atoms with E-state index in [0.717, 1.165) is 12.5 Å². The molecular weight excluding hydrogens is 202 g/mol. The van der Waals surface area contributed by atoms with Gasteiger partial charge in [0, 0.05) is 11.8 Å². The highest BCUT2D eigenvalue weighted by Gasteiger charge is 2.33. The van der Waals surface area contributed by atoms with Crippen LogP contribution in [0.4, 0.5) is 8.78 Å². The van der Waals surface area contributed by atoms with Gasteiger partial charge in [0.25, 0.3) is 0 Å². The lowest BCUT2D eigenvalue weighted by molar-refractivity contribution is 0.0835. The predicted octanol–water partition coefficient (Wildman–Crippen LogP) is 1.82. The highest BCUT2D eigenvalue weighted by Crippen LogP contribution is 2.34. The third-order valence-electron chi connectivity index (χ3n) is 1.46. The fourth-order valence-corrected chi connectivity index (χ4v) is 1.04. The summed E-state index contributed by atoms with van der Waals surface area (Å²) in [4.78, 5) is 6.84. The Morgan fingerprint density at radius 1 is 1.62 bits per heavy atom. The van der Waals surface area contributed by atoms with Crippen molar-refractivity contribution in [2.75, 3.05) is 0 Å². The van der Waals surface area contributed by atoms with Gasteiger partial charge in [-0.15, -0.1) is 0 Å². The van der Waals surface area contributed by atoms with Gasteiger partial charge in [0.15, 0.2) is 0 Å². The van der Waals surface area contributed by atoms with E-state index in [1.54, 1.807) is 0 Å². The van der Waals surface area contributed by atoms with E-state index in [4.69, 9.17) is 16.7 Å². The molecular formula is C7H7ClF2N2O. The van der Waals surface area contributed by atoms with E-state index in [1.807, 2.05) is 0 Å². The summed E-state index contributed by atoms with van der Waals surface area (Å²) in [6.45, 7) is 1.34. The van der Waals surface area contributed by atoms with Crippen molar-refractivity contribution in [2.24, 2.45) is 0 Å². The molecule has 0 saturated carbocycles. The minimum atomic E-state index is -3.57. The molecule has 1 aromatic rings. The van der Waals surface area contributed by atoms with E-state index >= 15 is 0 Å². The van der Waals surface area contributed by atoms with Crippen LogP contribution in [0.25, 0.3) is 0 Å². The van der Waals surface area contributed by atoms with Gasteiger partial charge in [0.1, 0.15) is 12.0 Å². The fourth-order valence-electron chi connectivity index (χ4n) is 0.883. The van der Waals surface area contributed by atoms with Crippen LogP contribution in [-0.4, -0.2) is 15.1 Å². The molecule has 1 N–H and O–H groups in total. The van der Waals surface area contributed by atoms with Gasteiger partial charge in [-0.3, -0.25) is 0 Å². The predicted molar refractivity (Wildman–Crippen MR) is 42.4 cm³/mol. The third kappa shape index (κ3) is 2.32. The van der Waals surface area contributed by atoms with E-state index in [2.05, 4.69) is 9.97 Å². The van der Waals surface area contributed by atoms with E-state index < -0.39 is 17.2 Å². The van der Waals surface area contributed by atoms with E-state index in [0.29, 0.717) is 0 Å². The molecule has 0 spiro atoms. The summed E-state index contributed by atoms with van der Waals surface area (Å²) in [5.74, 6) is 0. The molecule has 0 bridgehead atoms. The molecule has 0 radical (unpaired) electrons. The fraction of sp³-hybridized carbons (Fsp3) is 0.429. The molecule has 0 saturated heterocycles. The van der Waals surface area contributed by atoms with E-state index in [1.165, 1.54) is 6.92 Å². The largest absolute Gasteiger partial charge is 0.389 e. The zero-order chi connectivity index (χ0) is 10.1. The van der Waals surface area contributed by atoms with Gasteiger partial charge in [0.05, 0.1) is 6.10 Å². The standard InChI is InChI=1S/C7H7ClF2N2O/c1-4(13)5-2-11-3-12-6(5)7(8,9)10/h2-4,13H,1H3. The molecule has 0 aromatic carbocycles. The SMILES string of the molecule is CC(O)c1cncnc1C(F)(F)Cl. The summed E-state index contributed by atoms with van der Waals surface area (Å²) in [5, 5.41) is 5.52. The van der Waals surface area contributed by atoms with E-state index in [9.17, 15) is 8.78 Å². The van der Waals surface area contributed by atoms with Gasteiger partial charge in [-0.25, -0.2) is 9.97 Å². The Labute approximate surface area is 78.4 Å². The summed E-state index contributed by atoms with van der Waals surface area (Å²) in [7, 11) is 0. The van der Waals surface area contributed by atoms with Crippen LogP contribution < -0.4 is 0 Å². The molecule has 0 fully saturated rings. The first kappa shape index (κ1) is 10.3. The number of aromatic nitrogens is 2. The van der Waals surface area contributed by atoms with Gasteiger partial charge in [-0.2, -0.15) is 8.78 Å². The number of nitrogens with zero attached hydrogens (tertiary/aromatic N) is 2. The second kappa shape index (κ2) is 3.51. The maximum absolute atomic E-state index is 12.6. The van der Waals surface area contributed by atoms with Crippen LogP contribution in [0, 0.1) is 0 Å². The summed E-state index contributed by atoms with van der Waals surface area (Å²) < 4.78 is 25.3. The van der Waals surface area contributed by atoms with Crippen molar-refractivity contribution >= 4 is 11.6 Å². The van der Waals surface area contributed by atoms with Crippen molar-refractivity contribution in [2.45, 2.75) is 18.4 Å². The number of aliphatic hydroxyl groups is 1. The van der Waals surface area contributed by atoms with E-state index in [-0.39, 0.29) is 5.56 Å². The van der Waals surface area contributed by atoms with Crippen LogP contribution in [0.3, 0.4) is 0 Å². The third-order valence-corrected chi connectivity index (χ3v) is 1.64. The second-order valence-corrected chi connectivity index (χ2v) is 2.98. The van der Waals surface area contributed by atoms with Crippen LogP contribution in [0.15, 0.2) is 12.5 Å². The van der Waals surface area contributed by atoms with Crippen molar-refractivity contribution in [3.63, 3.8) is 0 Å². The lowest BCUT2D eigenvalue weighted by Crippen LogP contribution is -2.12. The highest BCUT2D eigenvalue weighted by atomic mass is 35.5. The van der Waals surface area contributed by atoms with Crippen molar-refractivity contribution in [1.82, 2.24) is 9.97 Å².